The first-order valence-electron chi connectivity index (χ1n) is 6.63. The second kappa shape index (κ2) is 5.20. The first kappa shape index (κ1) is 14.5. The van der Waals surface area contributed by atoms with E-state index in [0.717, 1.165) is 6.42 Å². The second-order valence-electron chi connectivity index (χ2n) is 5.36. The molecule has 1 N–H and O–H groups in total. The SMILES string of the molecule is CCCC1(O)CN(C(=O)c2c(C)cccc2[N+](=O)[O-])C1. The molecule has 0 saturated carbocycles. The molecular weight excluding hydrogens is 260 g/mol. The summed E-state index contributed by atoms with van der Waals surface area (Å²) in [6.07, 6.45) is 1.47. The zero-order valence-corrected chi connectivity index (χ0v) is 11.6. The largest absolute Gasteiger partial charge is 0.386 e. The molecule has 6 nitrogen and oxygen atoms in total. The molecule has 1 amide bonds. The molecule has 0 aromatic heterocycles. The number of rotatable bonds is 4. The van der Waals surface area contributed by atoms with E-state index in [1.54, 1.807) is 19.1 Å². The number of benzene rings is 1. The molecular formula is C14H18N2O4. The fourth-order valence-corrected chi connectivity index (χ4v) is 2.67. The van der Waals surface area contributed by atoms with Crippen molar-refractivity contribution in [2.45, 2.75) is 32.3 Å². The third-order valence-electron chi connectivity index (χ3n) is 3.63. The number of carbonyl (C=O) groups is 1. The minimum atomic E-state index is -0.831. The zero-order chi connectivity index (χ0) is 14.9. The number of nitro benzene ring substituents is 1. The number of hydrogen-bond donors (Lipinski definition) is 1. The van der Waals surface area contributed by atoms with Gasteiger partial charge in [-0.25, -0.2) is 0 Å². The lowest BCUT2D eigenvalue weighted by Crippen LogP contribution is -2.63. The van der Waals surface area contributed by atoms with E-state index in [0.29, 0.717) is 12.0 Å². The van der Waals surface area contributed by atoms with Gasteiger partial charge in [-0.05, 0) is 18.9 Å². The Bertz CT molecular complexity index is 550. The minimum Gasteiger partial charge on any atom is -0.386 e. The number of amides is 1. The van der Waals surface area contributed by atoms with Crippen LogP contribution in [0.3, 0.4) is 0 Å². The van der Waals surface area contributed by atoms with Gasteiger partial charge in [-0.15, -0.1) is 0 Å². The molecule has 0 unspecified atom stereocenters. The Morgan fingerprint density at radius 3 is 2.70 bits per heavy atom. The summed E-state index contributed by atoms with van der Waals surface area (Å²) in [6, 6.07) is 4.57. The number of β-amino-alcohol motifs (C(OH)–C–C–N with tert-alkyl or cyclic N) is 1. The molecule has 1 fully saturated rings. The van der Waals surface area contributed by atoms with E-state index >= 15 is 0 Å². The van der Waals surface area contributed by atoms with Crippen LogP contribution in [0.5, 0.6) is 0 Å². The fraction of sp³-hybridized carbons (Fsp3) is 0.500. The van der Waals surface area contributed by atoms with E-state index in [4.69, 9.17) is 0 Å². The Balaban J connectivity index is 2.22. The number of aliphatic hydroxyl groups is 1. The quantitative estimate of drug-likeness (QED) is 0.673. The van der Waals surface area contributed by atoms with E-state index in [9.17, 15) is 20.0 Å². The maximum atomic E-state index is 12.4. The highest BCUT2D eigenvalue weighted by atomic mass is 16.6. The van der Waals surface area contributed by atoms with Gasteiger partial charge in [0.1, 0.15) is 5.56 Å². The standard InChI is InChI=1S/C14H18N2O4/c1-3-7-14(18)8-15(9-14)13(17)12-10(2)5-4-6-11(12)16(19)20/h4-6,18H,3,7-9H2,1-2H3. The van der Waals surface area contributed by atoms with Gasteiger partial charge in [-0.1, -0.05) is 25.5 Å². The summed E-state index contributed by atoms with van der Waals surface area (Å²) in [5.74, 6) is -0.379. The molecule has 1 aliphatic heterocycles. The molecule has 0 radical (unpaired) electrons. The molecule has 0 spiro atoms. The number of aryl methyl sites for hydroxylation is 1. The maximum absolute atomic E-state index is 12.4. The van der Waals surface area contributed by atoms with Crippen LogP contribution in [0, 0.1) is 17.0 Å². The highest BCUT2D eigenvalue weighted by Crippen LogP contribution is 2.30. The van der Waals surface area contributed by atoms with Crippen molar-refractivity contribution in [3.05, 3.63) is 39.4 Å². The molecule has 1 saturated heterocycles. The zero-order valence-electron chi connectivity index (χ0n) is 11.6. The van der Waals surface area contributed by atoms with Crippen molar-refractivity contribution in [1.82, 2.24) is 4.90 Å². The third-order valence-corrected chi connectivity index (χ3v) is 3.63. The molecule has 1 heterocycles. The van der Waals surface area contributed by atoms with Crippen molar-refractivity contribution in [1.29, 1.82) is 0 Å². The lowest BCUT2D eigenvalue weighted by Gasteiger charge is -2.46. The molecule has 1 aromatic carbocycles. The maximum Gasteiger partial charge on any atom is 0.282 e. The number of nitrogens with zero attached hydrogens (tertiary/aromatic N) is 2. The number of hydrogen-bond acceptors (Lipinski definition) is 4. The summed E-state index contributed by atoms with van der Waals surface area (Å²) in [4.78, 5) is 24.3. The van der Waals surface area contributed by atoms with Crippen LogP contribution < -0.4 is 0 Å². The van der Waals surface area contributed by atoms with Crippen LogP contribution in [-0.4, -0.2) is 39.5 Å². The lowest BCUT2D eigenvalue weighted by molar-refractivity contribution is -0.385. The summed E-state index contributed by atoms with van der Waals surface area (Å²) >= 11 is 0. The van der Waals surface area contributed by atoms with Crippen molar-refractivity contribution < 1.29 is 14.8 Å². The van der Waals surface area contributed by atoms with Crippen molar-refractivity contribution in [2.75, 3.05) is 13.1 Å². The Morgan fingerprint density at radius 2 is 2.15 bits per heavy atom. The Labute approximate surface area is 117 Å². The van der Waals surface area contributed by atoms with Gasteiger partial charge in [0.15, 0.2) is 0 Å². The second-order valence-corrected chi connectivity index (χ2v) is 5.36. The van der Waals surface area contributed by atoms with Crippen LogP contribution in [0.25, 0.3) is 0 Å². The average Bonchev–Trinajstić information content (AvgIpc) is 2.34. The van der Waals surface area contributed by atoms with E-state index in [1.165, 1.54) is 11.0 Å². The molecule has 108 valence electrons. The van der Waals surface area contributed by atoms with E-state index < -0.39 is 10.5 Å². The van der Waals surface area contributed by atoms with Crippen LogP contribution in [-0.2, 0) is 0 Å². The van der Waals surface area contributed by atoms with E-state index in [-0.39, 0.29) is 30.2 Å². The molecule has 20 heavy (non-hydrogen) atoms. The van der Waals surface area contributed by atoms with Crippen LogP contribution in [0.15, 0.2) is 18.2 Å². The number of nitro groups is 1. The van der Waals surface area contributed by atoms with E-state index in [1.807, 2.05) is 6.92 Å². The molecule has 2 rings (SSSR count). The summed E-state index contributed by atoms with van der Waals surface area (Å²) in [6.45, 7) is 4.13. The number of carbonyl (C=O) groups excluding carboxylic acids is 1. The van der Waals surface area contributed by atoms with Gasteiger partial charge < -0.3 is 10.0 Å². The van der Waals surface area contributed by atoms with Crippen molar-refractivity contribution in [3.63, 3.8) is 0 Å². The first-order valence-corrected chi connectivity index (χ1v) is 6.63. The van der Waals surface area contributed by atoms with Crippen LogP contribution in [0.1, 0.15) is 35.7 Å². The molecule has 6 heteroatoms. The average molecular weight is 278 g/mol. The van der Waals surface area contributed by atoms with Gasteiger partial charge >= 0.3 is 0 Å². The predicted molar refractivity (Wildman–Crippen MR) is 73.6 cm³/mol. The molecule has 0 atom stereocenters. The Hall–Kier alpha value is -1.95. The predicted octanol–water partition coefficient (Wildman–Crippen LogP) is 1.89. The van der Waals surface area contributed by atoms with Gasteiger partial charge in [0.2, 0.25) is 0 Å². The summed E-state index contributed by atoms with van der Waals surface area (Å²) in [5.41, 5.74) is -0.311. The topological polar surface area (TPSA) is 83.7 Å². The Kier molecular flexibility index (Phi) is 3.76. The minimum absolute atomic E-state index is 0.121. The summed E-state index contributed by atoms with van der Waals surface area (Å²) in [5, 5.41) is 21.1. The molecule has 1 aromatic rings. The highest BCUT2D eigenvalue weighted by molar-refractivity contribution is 6.00. The van der Waals surface area contributed by atoms with Crippen molar-refractivity contribution in [2.24, 2.45) is 0 Å². The van der Waals surface area contributed by atoms with Gasteiger partial charge in [-0.2, -0.15) is 0 Å². The fourth-order valence-electron chi connectivity index (χ4n) is 2.67. The van der Waals surface area contributed by atoms with Gasteiger partial charge in [0.25, 0.3) is 11.6 Å². The van der Waals surface area contributed by atoms with Crippen molar-refractivity contribution >= 4 is 11.6 Å². The molecule has 0 bridgehead atoms. The van der Waals surface area contributed by atoms with Crippen molar-refractivity contribution in [3.8, 4) is 0 Å². The van der Waals surface area contributed by atoms with Gasteiger partial charge in [-0.3, -0.25) is 14.9 Å². The number of likely N-dealkylation sites (tertiary alicyclic amines) is 1. The van der Waals surface area contributed by atoms with Gasteiger partial charge in [0.05, 0.1) is 23.6 Å². The van der Waals surface area contributed by atoms with E-state index in [2.05, 4.69) is 0 Å². The summed E-state index contributed by atoms with van der Waals surface area (Å²) < 4.78 is 0. The lowest BCUT2D eigenvalue weighted by atomic mass is 9.88. The van der Waals surface area contributed by atoms with Crippen LogP contribution in [0.4, 0.5) is 5.69 Å². The molecule has 1 aliphatic rings. The first-order chi connectivity index (χ1) is 9.38. The smallest absolute Gasteiger partial charge is 0.282 e. The summed E-state index contributed by atoms with van der Waals surface area (Å²) in [7, 11) is 0. The normalized spacial score (nSPS) is 16.6. The van der Waals surface area contributed by atoms with Crippen LogP contribution in [0.2, 0.25) is 0 Å². The third kappa shape index (κ3) is 2.51. The van der Waals surface area contributed by atoms with Gasteiger partial charge in [0, 0.05) is 6.07 Å². The van der Waals surface area contributed by atoms with Crippen LogP contribution >= 0.6 is 0 Å². The molecule has 0 aliphatic carbocycles. The Morgan fingerprint density at radius 1 is 1.50 bits per heavy atom. The highest BCUT2D eigenvalue weighted by Gasteiger charge is 2.44. The monoisotopic (exact) mass is 278 g/mol.